The molecule has 0 spiro atoms. The largest absolute Gasteiger partial charge is 0.303 e. The van der Waals surface area contributed by atoms with E-state index in [-0.39, 0.29) is 11.6 Å². The highest BCUT2D eigenvalue weighted by atomic mass is 32.2. The number of nitrogens with zero attached hydrogens (tertiary/aromatic N) is 3. The third-order valence-electron chi connectivity index (χ3n) is 4.49. The van der Waals surface area contributed by atoms with E-state index in [2.05, 4.69) is 15.5 Å². The van der Waals surface area contributed by atoms with Crippen LogP contribution in [0.3, 0.4) is 0 Å². The van der Waals surface area contributed by atoms with Gasteiger partial charge in [0.2, 0.25) is 5.91 Å². The third kappa shape index (κ3) is 4.33. The molecule has 0 saturated carbocycles. The summed E-state index contributed by atoms with van der Waals surface area (Å²) in [5, 5.41) is 24.1. The number of hydrogen-bond donors (Lipinski definition) is 1. The molecule has 0 radical (unpaired) electrons. The SMILES string of the molecule is O=C1N/C(=N\N=C/c2cccc3ccccc23)S[C@H]1Cc1cccc([N+](=O)[O-])c1. The van der Waals surface area contributed by atoms with E-state index in [0.717, 1.165) is 21.9 Å². The van der Waals surface area contributed by atoms with Crippen molar-refractivity contribution >= 4 is 45.5 Å². The lowest BCUT2D eigenvalue weighted by molar-refractivity contribution is -0.384. The van der Waals surface area contributed by atoms with Crippen molar-refractivity contribution in [2.45, 2.75) is 11.7 Å². The minimum atomic E-state index is -0.444. The van der Waals surface area contributed by atoms with Gasteiger partial charge in [0.25, 0.3) is 5.69 Å². The van der Waals surface area contributed by atoms with Gasteiger partial charge in [-0.2, -0.15) is 5.10 Å². The zero-order valence-corrected chi connectivity index (χ0v) is 16.0. The summed E-state index contributed by atoms with van der Waals surface area (Å²) in [6, 6.07) is 20.3. The first-order valence-electron chi connectivity index (χ1n) is 8.90. The van der Waals surface area contributed by atoms with Crippen molar-refractivity contribution in [1.82, 2.24) is 5.32 Å². The van der Waals surface area contributed by atoms with Crippen LogP contribution in [0.5, 0.6) is 0 Å². The fraction of sp³-hybridized carbons (Fsp3) is 0.0952. The Balaban J connectivity index is 1.46. The van der Waals surface area contributed by atoms with Gasteiger partial charge in [-0.15, -0.1) is 5.10 Å². The third-order valence-corrected chi connectivity index (χ3v) is 5.56. The predicted octanol–water partition coefficient (Wildman–Crippen LogP) is 3.91. The average Bonchev–Trinajstić information content (AvgIpc) is 3.07. The molecule has 1 aliphatic rings. The standard InChI is InChI=1S/C21H16N4O3S/c26-20-19(12-14-5-3-9-17(11-14)25(27)28)29-21(23-20)24-22-13-16-8-4-7-15-6-1-2-10-18(15)16/h1-11,13,19H,12H2,(H,23,24,26)/b22-13-/t19-/m0/s1. The predicted molar refractivity (Wildman–Crippen MR) is 115 cm³/mol. The van der Waals surface area contributed by atoms with Crippen molar-refractivity contribution in [1.29, 1.82) is 0 Å². The molecule has 1 amide bonds. The van der Waals surface area contributed by atoms with E-state index in [4.69, 9.17) is 0 Å². The van der Waals surface area contributed by atoms with Gasteiger partial charge < -0.3 is 5.32 Å². The van der Waals surface area contributed by atoms with Gasteiger partial charge in [-0.1, -0.05) is 66.4 Å². The first-order chi connectivity index (χ1) is 14.1. The fourth-order valence-electron chi connectivity index (χ4n) is 3.10. The number of thioether (sulfide) groups is 1. The molecule has 1 N–H and O–H groups in total. The molecular weight excluding hydrogens is 388 g/mol. The Morgan fingerprint density at radius 1 is 1.10 bits per heavy atom. The van der Waals surface area contributed by atoms with E-state index < -0.39 is 10.2 Å². The van der Waals surface area contributed by atoms with Crippen molar-refractivity contribution in [3.05, 3.63) is 88.0 Å². The van der Waals surface area contributed by atoms with Crippen LogP contribution in [0, 0.1) is 10.1 Å². The summed E-state index contributed by atoms with van der Waals surface area (Å²) in [5.74, 6) is -0.180. The summed E-state index contributed by atoms with van der Waals surface area (Å²) in [6.45, 7) is 0. The molecule has 0 unspecified atom stereocenters. The molecule has 4 rings (SSSR count). The second-order valence-corrected chi connectivity index (χ2v) is 7.64. The summed E-state index contributed by atoms with van der Waals surface area (Å²) in [7, 11) is 0. The number of amidine groups is 1. The molecule has 1 aliphatic heterocycles. The van der Waals surface area contributed by atoms with Crippen molar-refractivity contribution in [2.24, 2.45) is 10.2 Å². The molecule has 0 aromatic heterocycles. The van der Waals surface area contributed by atoms with E-state index in [1.807, 2.05) is 42.5 Å². The topological polar surface area (TPSA) is 97.0 Å². The highest BCUT2D eigenvalue weighted by molar-refractivity contribution is 8.15. The van der Waals surface area contributed by atoms with Gasteiger partial charge in [0.15, 0.2) is 5.17 Å². The second kappa shape index (κ2) is 8.24. The molecule has 144 valence electrons. The van der Waals surface area contributed by atoms with E-state index in [1.165, 1.54) is 23.9 Å². The molecule has 29 heavy (non-hydrogen) atoms. The molecule has 1 saturated heterocycles. The first-order valence-corrected chi connectivity index (χ1v) is 9.78. The molecule has 0 bridgehead atoms. The monoisotopic (exact) mass is 404 g/mol. The van der Waals surface area contributed by atoms with Crippen LogP contribution in [0.2, 0.25) is 0 Å². The van der Waals surface area contributed by atoms with Crippen molar-refractivity contribution < 1.29 is 9.72 Å². The minimum Gasteiger partial charge on any atom is -0.303 e. The number of benzene rings is 3. The minimum absolute atomic E-state index is 0.0134. The zero-order chi connectivity index (χ0) is 20.2. The zero-order valence-electron chi connectivity index (χ0n) is 15.2. The maximum Gasteiger partial charge on any atom is 0.269 e. The van der Waals surface area contributed by atoms with E-state index in [0.29, 0.717) is 11.6 Å². The van der Waals surface area contributed by atoms with Gasteiger partial charge in [0, 0.05) is 17.7 Å². The van der Waals surface area contributed by atoms with Gasteiger partial charge in [-0.3, -0.25) is 14.9 Å². The quantitative estimate of drug-likeness (QED) is 0.396. The van der Waals surface area contributed by atoms with E-state index >= 15 is 0 Å². The van der Waals surface area contributed by atoms with Crippen LogP contribution in [-0.2, 0) is 11.2 Å². The Hall–Kier alpha value is -3.52. The molecular formula is C21H16N4O3S. The van der Waals surface area contributed by atoms with Crippen molar-refractivity contribution in [3.63, 3.8) is 0 Å². The molecule has 0 aliphatic carbocycles. The smallest absolute Gasteiger partial charge is 0.269 e. The van der Waals surface area contributed by atoms with E-state index in [1.54, 1.807) is 18.3 Å². The fourth-order valence-corrected chi connectivity index (χ4v) is 4.07. The molecule has 1 fully saturated rings. The lowest BCUT2D eigenvalue weighted by Crippen LogP contribution is -2.25. The van der Waals surface area contributed by atoms with Crippen LogP contribution in [0.25, 0.3) is 10.8 Å². The van der Waals surface area contributed by atoms with Crippen LogP contribution >= 0.6 is 11.8 Å². The van der Waals surface area contributed by atoms with Gasteiger partial charge in [-0.05, 0) is 22.8 Å². The second-order valence-electron chi connectivity index (χ2n) is 6.44. The van der Waals surface area contributed by atoms with Crippen LogP contribution in [0.4, 0.5) is 5.69 Å². The maximum absolute atomic E-state index is 12.2. The van der Waals surface area contributed by atoms with Crippen molar-refractivity contribution in [3.8, 4) is 0 Å². The van der Waals surface area contributed by atoms with Crippen LogP contribution in [0.15, 0.2) is 76.9 Å². The van der Waals surface area contributed by atoms with Gasteiger partial charge in [0.1, 0.15) is 0 Å². The highest BCUT2D eigenvalue weighted by Gasteiger charge is 2.30. The molecule has 3 aromatic carbocycles. The number of rotatable bonds is 5. The summed E-state index contributed by atoms with van der Waals surface area (Å²) < 4.78 is 0. The summed E-state index contributed by atoms with van der Waals surface area (Å²) in [5.41, 5.74) is 1.68. The number of fused-ring (bicyclic) bond motifs is 1. The Morgan fingerprint density at radius 3 is 2.76 bits per heavy atom. The number of carbonyl (C=O) groups excluding carboxylic acids is 1. The number of non-ortho nitro benzene ring substituents is 1. The number of nitro benzene ring substituents is 1. The van der Waals surface area contributed by atoms with Gasteiger partial charge >= 0.3 is 0 Å². The number of amides is 1. The summed E-state index contributed by atoms with van der Waals surface area (Å²) in [4.78, 5) is 22.7. The lowest BCUT2D eigenvalue weighted by atomic mass is 10.1. The summed E-state index contributed by atoms with van der Waals surface area (Å²) >= 11 is 1.27. The molecule has 7 nitrogen and oxygen atoms in total. The highest BCUT2D eigenvalue weighted by Crippen LogP contribution is 2.25. The Kier molecular flexibility index (Phi) is 5.35. The molecule has 8 heteroatoms. The van der Waals surface area contributed by atoms with Crippen LogP contribution in [-0.4, -0.2) is 27.5 Å². The average molecular weight is 404 g/mol. The van der Waals surface area contributed by atoms with Crippen molar-refractivity contribution in [2.75, 3.05) is 0 Å². The number of nitro groups is 1. The maximum atomic E-state index is 12.2. The molecule has 1 heterocycles. The number of nitrogens with one attached hydrogen (secondary N) is 1. The first kappa shape index (κ1) is 18.8. The number of carbonyl (C=O) groups is 1. The molecule has 1 atom stereocenters. The van der Waals surface area contributed by atoms with Crippen LogP contribution in [0.1, 0.15) is 11.1 Å². The lowest BCUT2D eigenvalue weighted by Gasteiger charge is -2.04. The van der Waals surface area contributed by atoms with Crippen LogP contribution < -0.4 is 5.32 Å². The number of hydrogen-bond acceptors (Lipinski definition) is 6. The van der Waals surface area contributed by atoms with E-state index in [9.17, 15) is 14.9 Å². The Labute approximate surface area is 170 Å². The summed E-state index contributed by atoms with van der Waals surface area (Å²) in [6.07, 6.45) is 2.04. The Morgan fingerprint density at radius 2 is 1.90 bits per heavy atom. The normalized spacial score (nSPS) is 17.9. The Bertz CT molecular complexity index is 1150. The van der Waals surface area contributed by atoms with Gasteiger partial charge in [-0.25, -0.2) is 0 Å². The van der Waals surface area contributed by atoms with Gasteiger partial charge in [0.05, 0.1) is 16.4 Å². The molecule has 3 aromatic rings.